The van der Waals surface area contributed by atoms with Crippen LogP contribution >= 0.6 is 23.2 Å². The second-order valence-electron chi connectivity index (χ2n) is 7.95. The summed E-state index contributed by atoms with van der Waals surface area (Å²) < 4.78 is 14.1. The molecular weight excluding hydrogens is 449 g/mol. The number of aromatic nitrogens is 1. The van der Waals surface area contributed by atoms with Gasteiger partial charge in [-0.2, -0.15) is 0 Å². The number of para-hydroxylation sites is 1. The van der Waals surface area contributed by atoms with Crippen LogP contribution in [0.4, 0.5) is 0 Å². The number of carbonyl (C=O) groups excluding carboxylic acids is 1. The molecule has 1 aliphatic rings. The lowest BCUT2D eigenvalue weighted by molar-refractivity contribution is -0.148. The highest BCUT2D eigenvalue weighted by molar-refractivity contribution is 6.32. The Labute approximate surface area is 197 Å². The van der Waals surface area contributed by atoms with Gasteiger partial charge in [-0.15, -0.1) is 0 Å². The Hall–Kier alpha value is -2.51. The second-order valence-corrected chi connectivity index (χ2v) is 8.80. The number of nitrogens with two attached hydrogens (primary N) is 1. The van der Waals surface area contributed by atoms with E-state index in [-0.39, 0.29) is 13.0 Å². The molecule has 1 fully saturated rings. The lowest BCUT2D eigenvalue weighted by Crippen LogP contribution is -2.56. The summed E-state index contributed by atoms with van der Waals surface area (Å²) in [6.45, 7) is 2.56. The highest BCUT2D eigenvalue weighted by Crippen LogP contribution is 2.28. The first-order chi connectivity index (χ1) is 15.4. The van der Waals surface area contributed by atoms with Crippen LogP contribution in [0.1, 0.15) is 12.1 Å². The highest BCUT2D eigenvalue weighted by atomic mass is 35.5. The lowest BCUT2D eigenvalue weighted by atomic mass is 9.97. The Morgan fingerprint density at radius 3 is 2.75 bits per heavy atom. The summed E-state index contributed by atoms with van der Waals surface area (Å²) in [5.74, 6) is 0.190. The first kappa shape index (κ1) is 22.7. The number of primary amides is 1. The van der Waals surface area contributed by atoms with Crippen molar-refractivity contribution in [2.24, 2.45) is 5.73 Å². The van der Waals surface area contributed by atoms with Crippen LogP contribution in [0.2, 0.25) is 10.0 Å². The maximum absolute atomic E-state index is 11.9. The Morgan fingerprint density at radius 2 is 1.97 bits per heavy atom. The number of nitrogens with zero attached hydrogens (tertiary/aromatic N) is 2. The monoisotopic (exact) mass is 473 g/mol. The molecule has 3 aromatic rings. The summed E-state index contributed by atoms with van der Waals surface area (Å²) in [6, 6.07) is 18.9. The van der Waals surface area contributed by atoms with Crippen molar-refractivity contribution >= 4 is 29.1 Å². The van der Waals surface area contributed by atoms with E-state index in [0.717, 1.165) is 17.9 Å². The van der Waals surface area contributed by atoms with Crippen LogP contribution in [-0.2, 0) is 16.1 Å². The topological polar surface area (TPSA) is 69.7 Å². The molecular formula is C24H25Cl2N3O3. The second kappa shape index (κ2) is 9.96. The van der Waals surface area contributed by atoms with E-state index in [4.69, 9.17) is 38.4 Å². The minimum Gasteiger partial charge on any atom is -0.490 e. The number of halogens is 2. The van der Waals surface area contributed by atoms with Gasteiger partial charge in [0.15, 0.2) is 0 Å². The minimum absolute atomic E-state index is 0.0651. The maximum Gasteiger partial charge on any atom is 0.220 e. The summed E-state index contributed by atoms with van der Waals surface area (Å²) in [4.78, 5) is 14.1. The molecule has 8 heteroatoms. The van der Waals surface area contributed by atoms with E-state index in [1.54, 1.807) is 12.1 Å². The van der Waals surface area contributed by atoms with Gasteiger partial charge in [-0.25, -0.2) is 0 Å². The summed E-state index contributed by atoms with van der Waals surface area (Å²) in [5, 5.41) is 1.27. The molecule has 2 N–H and O–H groups in total. The Morgan fingerprint density at radius 1 is 1.12 bits per heavy atom. The molecule has 6 nitrogen and oxygen atoms in total. The third-order valence-corrected chi connectivity index (χ3v) is 6.01. The van der Waals surface area contributed by atoms with Crippen LogP contribution < -0.4 is 10.5 Å². The van der Waals surface area contributed by atoms with E-state index >= 15 is 0 Å². The van der Waals surface area contributed by atoms with Crippen LogP contribution in [0.5, 0.6) is 5.75 Å². The molecule has 4 rings (SSSR count). The average Bonchev–Trinajstić information content (AvgIpc) is 3.20. The Kier molecular flexibility index (Phi) is 7.06. The predicted octanol–water partition coefficient (Wildman–Crippen LogP) is 4.31. The molecule has 168 valence electrons. The fraction of sp³-hybridized carbons (Fsp3) is 0.292. The van der Waals surface area contributed by atoms with Gasteiger partial charge < -0.3 is 19.8 Å². The quantitative estimate of drug-likeness (QED) is 0.529. The standard InChI is InChI=1S/C24H25Cl2N3O3/c25-18-5-3-7-20(13-18)31-17-24(14-23(27)30)16-28(11-12-32-24)15-19-6-4-10-29(19)22-9-2-1-8-21(22)26/h1-10,13H,11-12,14-17H2,(H2,27,30)/t24-/m1/s1. The SMILES string of the molecule is NC(=O)C[C@]1(COc2cccc(Cl)c2)CN(Cc2cccn2-c2ccccc2Cl)CCO1. The van der Waals surface area contributed by atoms with Crippen LogP contribution in [0.15, 0.2) is 66.9 Å². The minimum atomic E-state index is -0.839. The number of benzene rings is 2. The highest BCUT2D eigenvalue weighted by Gasteiger charge is 2.39. The van der Waals surface area contributed by atoms with E-state index < -0.39 is 11.5 Å². The smallest absolute Gasteiger partial charge is 0.220 e. The van der Waals surface area contributed by atoms with Crippen molar-refractivity contribution in [3.8, 4) is 11.4 Å². The van der Waals surface area contributed by atoms with Crippen molar-refractivity contribution in [2.45, 2.75) is 18.6 Å². The van der Waals surface area contributed by atoms with E-state index in [1.807, 2.05) is 48.7 Å². The molecule has 32 heavy (non-hydrogen) atoms. The normalized spacial score (nSPS) is 19.1. The van der Waals surface area contributed by atoms with Crippen molar-refractivity contribution in [3.05, 3.63) is 82.6 Å². The van der Waals surface area contributed by atoms with E-state index in [0.29, 0.717) is 35.5 Å². The summed E-state index contributed by atoms with van der Waals surface area (Å²) >= 11 is 12.5. The van der Waals surface area contributed by atoms with Crippen LogP contribution in [-0.4, -0.2) is 47.3 Å². The molecule has 0 bridgehead atoms. The zero-order valence-corrected chi connectivity index (χ0v) is 19.1. The van der Waals surface area contributed by atoms with Crippen molar-refractivity contribution in [2.75, 3.05) is 26.3 Å². The fourth-order valence-electron chi connectivity index (χ4n) is 4.05. The zero-order valence-electron chi connectivity index (χ0n) is 17.5. The third kappa shape index (κ3) is 5.45. The molecule has 0 spiro atoms. The largest absolute Gasteiger partial charge is 0.490 e. The molecule has 1 atom stereocenters. The van der Waals surface area contributed by atoms with Crippen molar-refractivity contribution in [1.29, 1.82) is 0 Å². The lowest BCUT2D eigenvalue weighted by Gasteiger charge is -2.42. The molecule has 0 aliphatic carbocycles. The fourth-order valence-corrected chi connectivity index (χ4v) is 4.46. The van der Waals surface area contributed by atoms with Crippen molar-refractivity contribution < 1.29 is 14.3 Å². The van der Waals surface area contributed by atoms with Crippen LogP contribution in [0, 0.1) is 0 Å². The van der Waals surface area contributed by atoms with E-state index in [9.17, 15) is 4.79 Å². The van der Waals surface area contributed by atoms with Gasteiger partial charge >= 0.3 is 0 Å². The van der Waals surface area contributed by atoms with E-state index in [2.05, 4.69) is 15.5 Å². The van der Waals surface area contributed by atoms with E-state index in [1.165, 1.54) is 0 Å². The number of amides is 1. The molecule has 1 aliphatic heterocycles. The van der Waals surface area contributed by atoms with Gasteiger partial charge in [0.05, 0.1) is 23.7 Å². The van der Waals surface area contributed by atoms with Crippen molar-refractivity contribution in [1.82, 2.24) is 9.47 Å². The molecule has 0 unspecified atom stereocenters. The van der Waals surface area contributed by atoms with Gasteiger partial charge in [-0.3, -0.25) is 9.69 Å². The maximum atomic E-state index is 11.9. The van der Waals surface area contributed by atoms with Crippen LogP contribution in [0.3, 0.4) is 0 Å². The number of carbonyl (C=O) groups is 1. The van der Waals surface area contributed by atoms with Crippen LogP contribution in [0.25, 0.3) is 5.69 Å². The van der Waals surface area contributed by atoms with Crippen molar-refractivity contribution in [3.63, 3.8) is 0 Å². The Balaban J connectivity index is 1.51. The Bertz CT molecular complexity index is 1090. The third-order valence-electron chi connectivity index (χ3n) is 5.45. The molecule has 1 saturated heterocycles. The molecule has 2 aromatic carbocycles. The molecule has 0 saturated carbocycles. The first-order valence-electron chi connectivity index (χ1n) is 10.4. The number of morpholine rings is 1. The summed E-state index contributed by atoms with van der Waals surface area (Å²) in [6.07, 6.45) is 2.06. The number of hydrogen-bond donors (Lipinski definition) is 1. The van der Waals surface area contributed by atoms with Gasteiger partial charge in [0, 0.05) is 36.5 Å². The molecule has 1 amide bonds. The zero-order chi connectivity index (χ0) is 22.6. The van der Waals surface area contributed by atoms with Gasteiger partial charge in [-0.1, -0.05) is 41.4 Å². The summed E-state index contributed by atoms with van der Waals surface area (Å²) in [5.41, 5.74) is 6.74. The molecule has 2 heterocycles. The van der Waals surface area contributed by atoms with Gasteiger partial charge in [0.25, 0.3) is 0 Å². The van der Waals surface area contributed by atoms with Gasteiger partial charge in [0.2, 0.25) is 5.91 Å². The first-order valence-corrected chi connectivity index (χ1v) is 11.1. The van der Waals surface area contributed by atoms with Gasteiger partial charge in [-0.05, 0) is 42.5 Å². The number of hydrogen-bond acceptors (Lipinski definition) is 4. The van der Waals surface area contributed by atoms with Gasteiger partial charge in [0.1, 0.15) is 18.0 Å². The average molecular weight is 474 g/mol. The predicted molar refractivity (Wildman–Crippen MR) is 125 cm³/mol. The number of rotatable bonds is 8. The molecule has 0 radical (unpaired) electrons. The number of ether oxygens (including phenoxy) is 2. The summed E-state index contributed by atoms with van der Waals surface area (Å²) in [7, 11) is 0. The molecule has 1 aromatic heterocycles.